The molecule has 3 heterocycles. The third-order valence-electron chi connectivity index (χ3n) is 6.78. The first-order valence-corrected chi connectivity index (χ1v) is 12.1. The van der Waals surface area contributed by atoms with Crippen molar-refractivity contribution in [2.45, 2.75) is 26.2 Å². The van der Waals surface area contributed by atoms with E-state index < -0.39 is 0 Å². The SMILES string of the molecule is Cc1cc(N(CCN2CCC(Cc3ccccc3)CC2)c2cc(N)ncn2)c2ccccc2n1. The maximum atomic E-state index is 6.03. The molecule has 1 fully saturated rings. The first-order chi connectivity index (χ1) is 16.7. The fourth-order valence-electron chi connectivity index (χ4n) is 4.98. The summed E-state index contributed by atoms with van der Waals surface area (Å²) in [5, 5.41) is 1.12. The van der Waals surface area contributed by atoms with E-state index in [1.54, 1.807) is 6.33 Å². The van der Waals surface area contributed by atoms with Gasteiger partial charge in [-0.15, -0.1) is 0 Å². The molecule has 0 spiro atoms. The lowest BCUT2D eigenvalue weighted by molar-refractivity contribution is 0.188. The van der Waals surface area contributed by atoms with Crippen molar-refractivity contribution in [3.8, 4) is 0 Å². The highest BCUT2D eigenvalue weighted by molar-refractivity contribution is 5.93. The van der Waals surface area contributed by atoms with Crippen LogP contribution in [0.5, 0.6) is 0 Å². The Kier molecular flexibility index (Phi) is 6.67. The van der Waals surface area contributed by atoms with Crippen LogP contribution in [-0.2, 0) is 6.42 Å². The number of aryl methyl sites for hydroxylation is 1. The lowest BCUT2D eigenvalue weighted by atomic mass is 9.90. The van der Waals surface area contributed by atoms with Crippen molar-refractivity contribution in [2.24, 2.45) is 5.92 Å². The number of piperidine rings is 1. The molecule has 4 aromatic rings. The van der Waals surface area contributed by atoms with Crippen LogP contribution in [0.15, 0.2) is 73.1 Å². The molecule has 2 N–H and O–H groups in total. The summed E-state index contributed by atoms with van der Waals surface area (Å²) < 4.78 is 0. The number of pyridine rings is 1. The number of fused-ring (bicyclic) bond motifs is 1. The average molecular weight is 453 g/mol. The van der Waals surface area contributed by atoms with Gasteiger partial charge in [-0.25, -0.2) is 9.97 Å². The largest absolute Gasteiger partial charge is 0.384 e. The third-order valence-corrected chi connectivity index (χ3v) is 6.78. The fourth-order valence-corrected chi connectivity index (χ4v) is 4.98. The fraction of sp³-hybridized carbons (Fsp3) is 0.321. The zero-order chi connectivity index (χ0) is 23.3. The van der Waals surface area contributed by atoms with Crippen molar-refractivity contribution in [3.05, 3.63) is 84.3 Å². The third kappa shape index (κ3) is 5.18. The summed E-state index contributed by atoms with van der Waals surface area (Å²) in [4.78, 5) is 18.3. The summed E-state index contributed by atoms with van der Waals surface area (Å²) in [6.45, 7) is 6.10. The molecule has 6 heteroatoms. The summed E-state index contributed by atoms with van der Waals surface area (Å²) in [7, 11) is 0. The van der Waals surface area contributed by atoms with E-state index in [1.807, 2.05) is 19.1 Å². The van der Waals surface area contributed by atoms with E-state index in [1.165, 1.54) is 24.8 Å². The smallest absolute Gasteiger partial charge is 0.138 e. The normalized spacial score (nSPS) is 15.0. The van der Waals surface area contributed by atoms with Gasteiger partial charge in [0.15, 0.2) is 0 Å². The predicted molar refractivity (Wildman–Crippen MR) is 139 cm³/mol. The zero-order valence-electron chi connectivity index (χ0n) is 19.8. The van der Waals surface area contributed by atoms with E-state index in [9.17, 15) is 0 Å². The second-order valence-electron chi connectivity index (χ2n) is 9.23. The van der Waals surface area contributed by atoms with Gasteiger partial charge in [-0.05, 0) is 62.9 Å². The number of nitrogen functional groups attached to an aromatic ring is 1. The minimum Gasteiger partial charge on any atom is -0.384 e. The number of hydrogen-bond donors (Lipinski definition) is 1. The molecule has 0 amide bonds. The molecule has 1 saturated heterocycles. The summed E-state index contributed by atoms with van der Waals surface area (Å²) in [6.07, 6.45) is 5.21. The van der Waals surface area contributed by atoms with Gasteiger partial charge in [0.2, 0.25) is 0 Å². The molecule has 0 unspecified atom stereocenters. The molecule has 0 atom stereocenters. The van der Waals surface area contributed by atoms with Crippen molar-refractivity contribution < 1.29 is 0 Å². The average Bonchev–Trinajstić information content (AvgIpc) is 2.86. The van der Waals surface area contributed by atoms with E-state index in [0.717, 1.165) is 60.2 Å². The second-order valence-corrected chi connectivity index (χ2v) is 9.23. The topological polar surface area (TPSA) is 71.2 Å². The number of benzene rings is 2. The Bertz CT molecular complexity index is 1230. The van der Waals surface area contributed by atoms with E-state index in [4.69, 9.17) is 10.7 Å². The van der Waals surface area contributed by atoms with Gasteiger partial charge in [0, 0.05) is 30.2 Å². The molecule has 6 nitrogen and oxygen atoms in total. The highest BCUT2D eigenvalue weighted by Crippen LogP contribution is 2.32. The highest BCUT2D eigenvalue weighted by atomic mass is 15.2. The van der Waals surface area contributed by atoms with Gasteiger partial charge in [0.1, 0.15) is 18.0 Å². The van der Waals surface area contributed by atoms with E-state index in [2.05, 4.69) is 74.4 Å². The Morgan fingerprint density at radius 1 is 0.971 bits per heavy atom. The molecule has 2 aromatic heterocycles. The first kappa shape index (κ1) is 22.3. The second kappa shape index (κ2) is 10.2. The standard InChI is InChI=1S/C28H32N6/c1-21-17-26(24-9-5-6-10-25(24)32-21)34(28-19-27(29)30-20-31-28)16-15-33-13-11-23(12-14-33)18-22-7-3-2-4-8-22/h2-10,17,19-20,23H,11-16,18H2,1H3,(H2,29,30,31). The van der Waals surface area contributed by atoms with Gasteiger partial charge < -0.3 is 15.5 Å². The molecule has 1 aliphatic rings. The van der Waals surface area contributed by atoms with Gasteiger partial charge >= 0.3 is 0 Å². The van der Waals surface area contributed by atoms with E-state index >= 15 is 0 Å². The molecule has 5 rings (SSSR count). The number of hydrogen-bond acceptors (Lipinski definition) is 6. The van der Waals surface area contributed by atoms with Crippen molar-refractivity contribution >= 4 is 28.2 Å². The molecule has 34 heavy (non-hydrogen) atoms. The number of aromatic nitrogens is 3. The van der Waals surface area contributed by atoms with Crippen LogP contribution in [0.4, 0.5) is 17.3 Å². The van der Waals surface area contributed by atoms with Crippen LogP contribution >= 0.6 is 0 Å². The molecule has 1 aliphatic heterocycles. The first-order valence-electron chi connectivity index (χ1n) is 12.1. The Labute approximate surface area is 201 Å². The Balaban J connectivity index is 1.32. The molecule has 0 aliphatic carbocycles. The summed E-state index contributed by atoms with van der Waals surface area (Å²) in [5.41, 5.74) is 10.6. The lowest BCUT2D eigenvalue weighted by Gasteiger charge is -2.34. The number of nitrogens with two attached hydrogens (primary N) is 1. The van der Waals surface area contributed by atoms with Gasteiger partial charge in [0.25, 0.3) is 0 Å². The number of rotatable bonds is 7. The van der Waals surface area contributed by atoms with Crippen LogP contribution < -0.4 is 10.6 Å². The summed E-state index contributed by atoms with van der Waals surface area (Å²) >= 11 is 0. The van der Waals surface area contributed by atoms with Crippen molar-refractivity contribution in [1.29, 1.82) is 0 Å². The Morgan fingerprint density at radius 3 is 2.53 bits per heavy atom. The van der Waals surface area contributed by atoms with Crippen LogP contribution in [0.1, 0.15) is 24.1 Å². The molecule has 0 saturated carbocycles. The number of anilines is 3. The minimum absolute atomic E-state index is 0.479. The summed E-state index contributed by atoms with van der Waals surface area (Å²) in [5.74, 6) is 2.07. The quantitative estimate of drug-likeness (QED) is 0.425. The van der Waals surface area contributed by atoms with Crippen molar-refractivity contribution in [3.63, 3.8) is 0 Å². The van der Waals surface area contributed by atoms with Crippen LogP contribution in [-0.4, -0.2) is 46.0 Å². The van der Waals surface area contributed by atoms with Crippen LogP contribution in [0.3, 0.4) is 0 Å². The number of nitrogens with zero attached hydrogens (tertiary/aromatic N) is 5. The Morgan fingerprint density at radius 2 is 1.74 bits per heavy atom. The number of likely N-dealkylation sites (tertiary alicyclic amines) is 1. The van der Waals surface area contributed by atoms with Crippen LogP contribution in [0.25, 0.3) is 10.9 Å². The van der Waals surface area contributed by atoms with Crippen LogP contribution in [0.2, 0.25) is 0 Å². The summed E-state index contributed by atoms with van der Waals surface area (Å²) in [6, 6.07) is 23.2. The van der Waals surface area contributed by atoms with Crippen molar-refractivity contribution in [2.75, 3.05) is 36.8 Å². The van der Waals surface area contributed by atoms with Gasteiger partial charge in [0.05, 0.1) is 11.2 Å². The van der Waals surface area contributed by atoms with Crippen LogP contribution in [0, 0.1) is 12.8 Å². The molecule has 2 aromatic carbocycles. The maximum Gasteiger partial charge on any atom is 0.138 e. The molecular formula is C28H32N6. The van der Waals surface area contributed by atoms with E-state index in [-0.39, 0.29) is 0 Å². The van der Waals surface area contributed by atoms with Gasteiger partial charge in [-0.3, -0.25) is 4.98 Å². The molecular weight excluding hydrogens is 420 g/mol. The van der Waals surface area contributed by atoms with Crippen molar-refractivity contribution in [1.82, 2.24) is 19.9 Å². The Hall–Kier alpha value is -3.51. The minimum atomic E-state index is 0.479. The lowest BCUT2D eigenvalue weighted by Crippen LogP contribution is -2.39. The maximum absolute atomic E-state index is 6.03. The predicted octanol–water partition coefficient (Wildman–Crippen LogP) is 5.01. The van der Waals surface area contributed by atoms with Gasteiger partial charge in [-0.1, -0.05) is 48.5 Å². The monoisotopic (exact) mass is 452 g/mol. The van der Waals surface area contributed by atoms with Gasteiger partial charge in [-0.2, -0.15) is 0 Å². The van der Waals surface area contributed by atoms with E-state index in [0.29, 0.717) is 5.82 Å². The number of para-hydroxylation sites is 1. The zero-order valence-corrected chi connectivity index (χ0v) is 19.8. The molecule has 174 valence electrons. The molecule has 0 radical (unpaired) electrons. The molecule has 0 bridgehead atoms. The highest BCUT2D eigenvalue weighted by Gasteiger charge is 2.22.